The van der Waals surface area contributed by atoms with E-state index in [-0.39, 0.29) is 6.10 Å². The second-order valence-corrected chi connectivity index (χ2v) is 4.87. The molecule has 1 aromatic heterocycles. The third-order valence-corrected chi connectivity index (χ3v) is 3.65. The molecule has 4 heteroatoms. The van der Waals surface area contributed by atoms with Crippen molar-refractivity contribution < 1.29 is 5.11 Å². The van der Waals surface area contributed by atoms with E-state index in [0.717, 1.165) is 42.5 Å². The second-order valence-electron chi connectivity index (χ2n) is 4.87. The maximum atomic E-state index is 9.61. The molecule has 0 aliphatic carbocycles. The highest BCUT2D eigenvalue weighted by Gasteiger charge is 2.21. The van der Waals surface area contributed by atoms with Crippen LogP contribution in [0.4, 0.5) is 5.69 Å². The molecule has 2 heterocycles. The van der Waals surface area contributed by atoms with Crippen molar-refractivity contribution >= 4 is 16.6 Å². The molecule has 1 aromatic carbocycles. The zero-order valence-electron chi connectivity index (χ0n) is 10.6. The Labute approximate surface area is 111 Å². The molecular formula is C15H15N3O. The van der Waals surface area contributed by atoms with Gasteiger partial charge in [-0.05, 0) is 18.9 Å². The van der Waals surface area contributed by atoms with Crippen LogP contribution in [0.5, 0.6) is 0 Å². The lowest BCUT2D eigenvalue weighted by atomic mass is 10.0. The van der Waals surface area contributed by atoms with Gasteiger partial charge in [-0.1, -0.05) is 18.2 Å². The van der Waals surface area contributed by atoms with E-state index in [4.69, 9.17) is 0 Å². The number of para-hydroxylation sites is 1. The molecule has 1 aliphatic rings. The largest absolute Gasteiger partial charge is 0.393 e. The Morgan fingerprint density at radius 1 is 1.26 bits per heavy atom. The molecule has 0 bridgehead atoms. The quantitative estimate of drug-likeness (QED) is 0.845. The van der Waals surface area contributed by atoms with Crippen LogP contribution < -0.4 is 4.90 Å². The van der Waals surface area contributed by atoms with Gasteiger partial charge in [-0.25, -0.2) is 0 Å². The summed E-state index contributed by atoms with van der Waals surface area (Å²) in [4.78, 5) is 6.51. The van der Waals surface area contributed by atoms with Crippen LogP contribution in [0, 0.1) is 11.3 Å². The van der Waals surface area contributed by atoms with Crippen molar-refractivity contribution in [2.75, 3.05) is 18.0 Å². The number of aliphatic hydroxyl groups excluding tert-OH is 1. The maximum Gasteiger partial charge on any atom is 0.103 e. The number of fused-ring (bicyclic) bond motifs is 1. The summed E-state index contributed by atoms with van der Waals surface area (Å²) < 4.78 is 0. The molecule has 0 spiro atoms. The Hall–Kier alpha value is -2.12. The minimum atomic E-state index is -0.213. The first kappa shape index (κ1) is 11.9. The summed E-state index contributed by atoms with van der Waals surface area (Å²) in [6.07, 6.45) is 2.93. The first-order valence-corrected chi connectivity index (χ1v) is 6.50. The van der Waals surface area contributed by atoms with Gasteiger partial charge in [0.2, 0.25) is 0 Å². The van der Waals surface area contributed by atoms with Gasteiger partial charge in [-0.2, -0.15) is 5.26 Å². The molecule has 96 valence electrons. The van der Waals surface area contributed by atoms with E-state index in [9.17, 15) is 10.4 Å². The van der Waals surface area contributed by atoms with Crippen LogP contribution in [0.15, 0.2) is 30.5 Å². The molecule has 4 nitrogen and oxygen atoms in total. The van der Waals surface area contributed by atoms with E-state index < -0.39 is 0 Å². The molecule has 0 atom stereocenters. The molecule has 19 heavy (non-hydrogen) atoms. The number of aromatic nitrogens is 1. The van der Waals surface area contributed by atoms with Crippen LogP contribution in [-0.4, -0.2) is 29.3 Å². The SMILES string of the molecule is N#Cc1cnc2ccccc2c1N1CCC(O)CC1. The topological polar surface area (TPSA) is 60.2 Å². The van der Waals surface area contributed by atoms with E-state index in [1.807, 2.05) is 24.3 Å². The molecule has 2 aromatic rings. The van der Waals surface area contributed by atoms with Crippen molar-refractivity contribution in [1.29, 1.82) is 5.26 Å². The lowest BCUT2D eigenvalue weighted by molar-refractivity contribution is 0.145. The summed E-state index contributed by atoms with van der Waals surface area (Å²) >= 11 is 0. The highest BCUT2D eigenvalue weighted by atomic mass is 16.3. The molecule has 1 saturated heterocycles. The number of benzene rings is 1. The van der Waals surface area contributed by atoms with Crippen molar-refractivity contribution in [2.24, 2.45) is 0 Å². The molecule has 0 saturated carbocycles. The number of anilines is 1. The van der Waals surface area contributed by atoms with Gasteiger partial charge in [0.1, 0.15) is 6.07 Å². The van der Waals surface area contributed by atoms with E-state index in [0.29, 0.717) is 5.56 Å². The van der Waals surface area contributed by atoms with Gasteiger partial charge in [-0.3, -0.25) is 4.98 Å². The number of hydrogen-bond acceptors (Lipinski definition) is 4. The Bertz CT molecular complexity index is 639. The van der Waals surface area contributed by atoms with Crippen LogP contribution in [0.1, 0.15) is 18.4 Å². The van der Waals surface area contributed by atoms with Gasteiger partial charge in [0.25, 0.3) is 0 Å². The smallest absolute Gasteiger partial charge is 0.103 e. The highest BCUT2D eigenvalue weighted by molar-refractivity contribution is 5.94. The Balaban J connectivity index is 2.12. The summed E-state index contributed by atoms with van der Waals surface area (Å²) in [7, 11) is 0. The molecule has 0 amide bonds. The lowest BCUT2D eigenvalue weighted by Gasteiger charge is -2.32. The average Bonchev–Trinajstić information content (AvgIpc) is 2.47. The normalized spacial score (nSPS) is 16.5. The van der Waals surface area contributed by atoms with E-state index in [2.05, 4.69) is 16.0 Å². The van der Waals surface area contributed by atoms with Crippen molar-refractivity contribution in [3.05, 3.63) is 36.0 Å². The minimum Gasteiger partial charge on any atom is -0.393 e. The Kier molecular flexibility index (Phi) is 3.06. The van der Waals surface area contributed by atoms with E-state index in [1.165, 1.54) is 0 Å². The van der Waals surface area contributed by atoms with Gasteiger partial charge in [0, 0.05) is 24.7 Å². The zero-order chi connectivity index (χ0) is 13.2. The Morgan fingerprint density at radius 2 is 2.00 bits per heavy atom. The standard InChI is InChI=1S/C15H15N3O/c16-9-11-10-17-14-4-2-1-3-13(14)15(11)18-7-5-12(19)6-8-18/h1-4,10,12,19H,5-8H2. The third kappa shape index (κ3) is 2.13. The minimum absolute atomic E-state index is 0.213. The number of piperidine rings is 1. The molecule has 1 fully saturated rings. The number of rotatable bonds is 1. The maximum absolute atomic E-state index is 9.61. The fourth-order valence-corrected chi connectivity index (χ4v) is 2.64. The fraction of sp³-hybridized carbons (Fsp3) is 0.333. The molecule has 1 N–H and O–H groups in total. The molecule has 3 rings (SSSR count). The second kappa shape index (κ2) is 4.87. The van der Waals surface area contributed by atoms with Crippen molar-refractivity contribution in [2.45, 2.75) is 18.9 Å². The molecule has 0 unspecified atom stereocenters. The number of pyridine rings is 1. The van der Waals surface area contributed by atoms with Gasteiger partial charge in [0.05, 0.1) is 22.9 Å². The predicted octanol–water partition coefficient (Wildman–Crippen LogP) is 2.07. The summed E-state index contributed by atoms with van der Waals surface area (Å²) in [6.45, 7) is 1.56. The first-order chi connectivity index (χ1) is 9.29. The lowest BCUT2D eigenvalue weighted by Crippen LogP contribution is -2.36. The molecular weight excluding hydrogens is 238 g/mol. The summed E-state index contributed by atoms with van der Waals surface area (Å²) in [5.41, 5.74) is 2.47. The predicted molar refractivity (Wildman–Crippen MR) is 73.9 cm³/mol. The van der Waals surface area contributed by atoms with Gasteiger partial charge >= 0.3 is 0 Å². The Morgan fingerprint density at radius 3 is 2.74 bits per heavy atom. The monoisotopic (exact) mass is 253 g/mol. The van der Waals surface area contributed by atoms with Crippen molar-refractivity contribution in [3.63, 3.8) is 0 Å². The molecule has 0 radical (unpaired) electrons. The van der Waals surface area contributed by atoms with Crippen LogP contribution in [0.3, 0.4) is 0 Å². The van der Waals surface area contributed by atoms with Gasteiger partial charge in [-0.15, -0.1) is 0 Å². The van der Waals surface area contributed by atoms with Crippen LogP contribution in [-0.2, 0) is 0 Å². The van der Waals surface area contributed by atoms with Crippen molar-refractivity contribution in [3.8, 4) is 6.07 Å². The van der Waals surface area contributed by atoms with Crippen LogP contribution in [0.2, 0.25) is 0 Å². The molecule has 1 aliphatic heterocycles. The number of nitrogens with zero attached hydrogens (tertiary/aromatic N) is 3. The summed E-state index contributed by atoms with van der Waals surface area (Å²) in [5.74, 6) is 0. The summed E-state index contributed by atoms with van der Waals surface area (Å²) in [5, 5.41) is 19.9. The van der Waals surface area contributed by atoms with Gasteiger partial charge < -0.3 is 10.0 Å². The van der Waals surface area contributed by atoms with Gasteiger partial charge in [0.15, 0.2) is 0 Å². The highest BCUT2D eigenvalue weighted by Crippen LogP contribution is 2.31. The third-order valence-electron chi connectivity index (χ3n) is 3.65. The first-order valence-electron chi connectivity index (χ1n) is 6.50. The number of hydrogen-bond donors (Lipinski definition) is 1. The average molecular weight is 253 g/mol. The summed E-state index contributed by atoms with van der Waals surface area (Å²) in [6, 6.07) is 10.1. The number of nitriles is 1. The van der Waals surface area contributed by atoms with Crippen LogP contribution >= 0.6 is 0 Å². The van der Waals surface area contributed by atoms with E-state index in [1.54, 1.807) is 6.20 Å². The van der Waals surface area contributed by atoms with E-state index >= 15 is 0 Å². The fourth-order valence-electron chi connectivity index (χ4n) is 2.64. The zero-order valence-corrected chi connectivity index (χ0v) is 10.6. The van der Waals surface area contributed by atoms with Crippen LogP contribution in [0.25, 0.3) is 10.9 Å². The number of aliphatic hydroxyl groups is 1. The van der Waals surface area contributed by atoms with Crippen molar-refractivity contribution in [1.82, 2.24) is 4.98 Å².